The quantitative estimate of drug-likeness (QED) is 0.786. The van der Waals surface area contributed by atoms with Crippen molar-refractivity contribution in [2.45, 2.75) is 26.7 Å². The molecule has 0 aliphatic carbocycles. The molecule has 0 saturated carbocycles. The number of allylic oxidation sites excluding steroid dienone is 1. The molecular formula is C14H18N2O. The molecule has 0 saturated heterocycles. The van der Waals surface area contributed by atoms with Crippen molar-refractivity contribution < 1.29 is 4.74 Å². The molecule has 0 aliphatic heterocycles. The Labute approximate surface area is 103 Å². The molecule has 1 aromatic carbocycles. The van der Waals surface area contributed by atoms with Crippen molar-refractivity contribution >= 4 is 5.69 Å². The number of nitrogens with one attached hydrogen (secondary N) is 1. The van der Waals surface area contributed by atoms with Gasteiger partial charge in [0, 0.05) is 0 Å². The molecule has 0 heterocycles. The van der Waals surface area contributed by atoms with E-state index in [4.69, 9.17) is 10.00 Å². The minimum absolute atomic E-state index is 0.629. The third kappa shape index (κ3) is 3.53. The molecule has 0 fully saturated rings. The number of hydrogen-bond donors (Lipinski definition) is 1. The second-order valence-electron chi connectivity index (χ2n) is 3.80. The van der Waals surface area contributed by atoms with Crippen molar-refractivity contribution in [1.82, 2.24) is 0 Å². The van der Waals surface area contributed by atoms with Crippen LogP contribution >= 0.6 is 0 Å². The average molecular weight is 230 g/mol. The van der Waals surface area contributed by atoms with Crippen LogP contribution in [0.4, 0.5) is 5.69 Å². The molecule has 1 N–H and O–H groups in total. The molecule has 0 bridgehead atoms. The van der Waals surface area contributed by atoms with Crippen molar-refractivity contribution in [3.8, 4) is 6.07 Å². The number of methoxy groups -OCH3 is 1. The lowest BCUT2D eigenvalue weighted by Crippen LogP contribution is -2.05. The Kier molecular flexibility index (Phi) is 5.09. The lowest BCUT2D eigenvalue weighted by Gasteiger charge is -2.13. The summed E-state index contributed by atoms with van der Waals surface area (Å²) < 4.78 is 5.25. The highest BCUT2D eigenvalue weighted by Gasteiger charge is 2.06. The number of benzene rings is 1. The van der Waals surface area contributed by atoms with Gasteiger partial charge >= 0.3 is 0 Å². The summed E-state index contributed by atoms with van der Waals surface area (Å²) in [5.74, 6) is 0.692. The molecule has 1 aromatic rings. The molecule has 3 nitrogen and oxygen atoms in total. The zero-order valence-electron chi connectivity index (χ0n) is 10.6. The Morgan fingerprint density at radius 2 is 2.29 bits per heavy atom. The number of unbranched alkanes of at least 4 members (excludes halogenated alkanes) is 1. The van der Waals surface area contributed by atoms with E-state index in [1.807, 2.05) is 25.1 Å². The first-order valence-electron chi connectivity index (χ1n) is 5.73. The van der Waals surface area contributed by atoms with Crippen LogP contribution in [0.3, 0.4) is 0 Å². The Morgan fingerprint density at radius 3 is 2.88 bits per heavy atom. The highest BCUT2D eigenvalue weighted by Crippen LogP contribution is 2.21. The standard InChI is InChI=1S/C14H18N2O/c1-4-5-9-13(17-3)16-14-11(2)7-6-8-12(14)10-15/h6-9,16H,4-5H2,1-3H3/b13-9-. The Balaban J connectivity index is 2.97. The first-order valence-corrected chi connectivity index (χ1v) is 5.73. The van der Waals surface area contributed by atoms with Gasteiger partial charge in [0.15, 0.2) is 5.88 Å². The number of aryl methyl sites for hydroxylation is 1. The van der Waals surface area contributed by atoms with Gasteiger partial charge < -0.3 is 10.1 Å². The first kappa shape index (κ1) is 13.1. The van der Waals surface area contributed by atoms with E-state index in [0.29, 0.717) is 11.4 Å². The maximum Gasteiger partial charge on any atom is 0.186 e. The number of anilines is 1. The monoisotopic (exact) mass is 230 g/mol. The maximum absolute atomic E-state index is 9.05. The van der Waals surface area contributed by atoms with Crippen molar-refractivity contribution in [2.24, 2.45) is 0 Å². The number of ether oxygens (including phenoxy) is 1. The van der Waals surface area contributed by atoms with Gasteiger partial charge in [-0.05, 0) is 31.1 Å². The smallest absolute Gasteiger partial charge is 0.186 e. The minimum atomic E-state index is 0.629. The first-order chi connectivity index (χ1) is 8.22. The largest absolute Gasteiger partial charge is 0.483 e. The number of hydrogen-bond acceptors (Lipinski definition) is 3. The van der Waals surface area contributed by atoms with E-state index in [2.05, 4.69) is 18.3 Å². The van der Waals surface area contributed by atoms with E-state index in [1.54, 1.807) is 13.2 Å². The summed E-state index contributed by atoms with van der Waals surface area (Å²) in [4.78, 5) is 0. The van der Waals surface area contributed by atoms with E-state index in [0.717, 1.165) is 24.1 Å². The molecule has 0 radical (unpaired) electrons. The number of para-hydroxylation sites is 1. The van der Waals surface area contributed by atoms with Crippen molar-refractivity contribution in [1.29, 1.82) is 5.26 Å². The van der Waals surface area contributed by atoms with Crippen LogP contribution in [0.2, 0.25) is 0 Å². The summed E-state index contributed by atoms with van der Waals surface area (Å²) in [7, 11) is 1.62. The molecule has 0 unspecified atom stereocenters. The molecule has 17 heavy (non-hydrogen) atoms. The van der Waals surface area contributed by atoms with Crippen LogP contribution in [0.25, 0.3) is 0 Å². The minimum Gasteiger partial charge on any atom is -0.483 e. The van der Waals surface area contributed by atoms with E-state index in [9.17, 15) is 0 Å². The van der Waals surface area contributed by atoms with Crippen LogP contribution in [0, 0.1) is 18.3 Å². The van der Waals surface area contributed by atoms with Crippen molar-refractivity contribution in [3.63, 3.8) is 0 Å². The van der Waals surface area contributed by atoms with Crippen molar-refractivity contribution in [3.05, 3.63) is 41.3 Å². The van der Waals surface area contributed by atoms with E-state index >= 15 is 0 Å². The Morgan fingerprint density at radius 1 is 1.53 bits per heavy atom. The lowest BCUT2D eigenvalue weighted by atomic mass is 10.1. The molecule has 0 aliphatic rings. The summed E-state index contributed by atoms with van der Waals surface area (Å²) in [5, 5.41) is 12.2. The van der Waals surface area contributed by atoms with Gasteiger partial charge in [0.05, 0.1) is 18.4 Å². The Hall–Kier alpha value is -1.95. The third-order valence-electron chi connectivity index (χ3n) is 2.48. The molecular weight excluding hydrogens is 212 g/mol. The van der Waals surface area contributed by atoms with Crippen LogP contribution in [0.15, 0.2) is 30.2 Å². The van der Waals surface area contributed by atoms with Crippen molar-refractivity contribution in [2.75, 3.05) is 12.4 Å². The average Bonchev–Trinajstić information content (AvgIpc) is 2.36. The highest BCUT2D eigenvalue weighted by atomic mass is 16.5. The fraction of sp³-hybridized carbons (Fsp3) is 0.357. The van der Waals surface area contributed by atoms with Crippen LogP contribution in [-0.2, 0) is 4.74 Å². The number of nitriles is 1. The predicted molar refractivity (Wildman–Crippen MR) is 69.5 cm³/mol. The summed E-state index contributed by atoms with van der Waals surface area (Å²) in [6, 6.07) is 7.82. The Bertz CT molecular complexity index is 444. The maximum atomic E-state index is 9.05. The zero-order valence-corrected chi connectivity index (χ0v) is 10.6. The van der Waals surface area contributed by atoms with Crippen LogP contribution in [0.1, 0.15) is 30.9 Å². The fourth-order valence-electron chi connectivity index (χ4n) is 1.51. The zero-order chi connectivity index (χ0) is 12.7. The van der Waals surface area contributed by atoms with Gasteiger partial charge in [-0.3, -0.25) is 0 Å². The van der Waals surface area contributed by atoms with E-state index < -0.39 is 0 Å². The highest BCUT2D eigenvalue weighted by molar-refractivity contribution is 5.64. The summed E-state index contributed by atoms with van der Waals surface area (Å²) in [6.45, 7) is 4.08. The number of rotatable bonds is 5. The SMILES string of the molecule is CCC/C=C(/Nc1c(C)cccc1C#N)OC. The van der Waals surface area contributed by atoms with Gasteiger partial charge in [-0.1, -0.05) is 25.5 Å². The predicted octanol–water partition coefficient (Wildman–Crippen LogP) is 3.57. The van der Waals surface area contributed by atoms with Crippen LogP contribution < -0.4 is 5.32 Å². The van der Waals surface area contributed by atoms with E-state index in [-0.39, 0.29) is 0 Å². The van der Waals surface area contributed by atoms with Gasteiger partial charge in [0.25, 0.3) is 0 Å². The molecule has 90 valence electrons. The molecule has 3 heteroatoms. The topological polar surface area (TPSA) is 45.0 Å². The van der Waals surface area contributed by atoms with E-state index in [1.165, 1.54) is 0 Å². The van der Waals surface area contributed by atoms with Gasteiger partial charge in [0.2, 0.25) is 0 Å². The summed E-state index contributed by atoms with van der Waals surface area (Å²) >= 11 is 0. The van der Waals surface area contributed by atoms with Crippen LogP contribution in [-0.4, -0.2) is 7.11 Å². The molecule has 0 aromatic heterocycles. The number of nitrogens with zero attached hydrogens (tertiary/aromatic N) is 1. The molecule has 0 atom stereocenters. The summed E-state index contributed by atoms with van der Waals surface area (Å²) in [5.41, 5.74) is 2.48. The molecule has 0 amide bonds. The van der Waals surface area contributed by atoms with Crippen LogP contribution in [0.5, 0.6) is 0 Å². The second kappa shape index (κ2) is 6.59. The van der Waals surface area contributed by atoms with Gasteiger partial charge in [-0.2, -0.15) is 5.26 Å². The lowest BCUT2D eigenvalue weighted by molar-refractivity contribution is 0.295. The van der Waals surface area contributed by atoms with Gasteiger partial charge in [-0.15, -0.1) is 0 Å². The molecule has 0 spiro atoms. The fourth-order valence-corrected chi connectivity index (χ4v) is 1.51. The normalized spacial score (nSPS) is 10.8. The second-order valence-corrected chi connectivity index (χ2v) is 3.80. The summed E-state index contributed by atoms with van der Waals surface area (Å²) in [6.07, 6.45) is 4.00. The van der Waals surface area contributed by atoms with Gasteiger partial charge in [0.1, 0.15) is 6.07 Å². The third-order valence-corrected chi connectivity index (χ3v) is 2.48. The van der Waals surface area contributed by atoms with Gasteiger partial charge in [-0.25, -0.2) is 0 Å². The molecule has 1 rings (SSSR count).